The number of benzene rings is 1. The van der Waals surface area contributed by atoms with Gasteiger partial charge in [-0.3, -0.25) is 4.31 Å². The van der Waals surface area contributed by atoms with Gasteiger partial charge in [-0.2, -0.15) is 4.98 Å². The Labute approximate surface area is 144 Å². The molecule has 3 aromatic rings. The van der Waals surface area contributed by atoms with Gasteiger partial charge in [-0.15, -0.1) is 0 Å². The molecule has 1 aromatic carbocycles. The summed E-state index contributed by atoms with van der Waals surface area (Å²) in [5.41, 5.74) is 2.20. The van der Waals surface area contributed by atoms with Crippen LogP contribution in [0.15, 0.2) is 42.7 Å². The molecule has 0 unspecified atom stereocenters. The minimum absolute atomic E-state index is 0.178. The van der Waals surface area contributed by atoms with Gasteiger partial charge in [0.2, 0.25) is 15.3 Å². The second kappa shape index (κ2) is 5.75. The molecule has 0 N–H and O–H groups in total. The van der Waals surface area contributed by atoms with E-state index in [1.165, 1.54) is 4.31 Å². The summed E-state index contributed by atoms with van der Waals surface area (Å²) >= 11 is 5.90. The monoisotopic (exact) mass is 362 g/mol. The predicted octanol–water partition coefficient (Wildman–Crippen LogP) is 3.00. The molecular weight excluding hydrogens is 348 g/mol. The summed E-state index contributed by atoms with van der Waals surface area (Å²) in [6, 6.07) is 9.34. The third-order valence-corrected chi connectivity index (χ3v) is 6.19. The molecule has 0 amide bonds. The molecule has 24 heavy (non-hydrogen) atoms. The first-order valence-corrected chi connectivity index (χ1v) is 9.64. The topological polar surface area (TPSA) is 68.1 Å². The Morgan fingerprint density at radius 2 is 1.96 bits per heavy atom. The average Bonchev–Trinajstić information content (AvgIpc) is 2.97. The van der Waals surface area contributed by atoms with E-state index in [0.29, 0.717) is 17.9 Å². The van der Waals surface area contributed by atoms with Crippen molar-refractivity contribution in [3.05, 3.63) is 48.0 Å². The lowest BCUT2D eigenvalue weighted by Gasteiger charge is -2.28. The van der Waals surface area contributed by atoms with E-state index in [1.54, 1.807) is 6.20 Å². The Kier molecular flexibility index (Phi) is 3.69. The first-order valence-electron chi connectivity index (χ1n) is 7.65. The smallest absolute Gasteiger partial charge is 0.235 e. The van der Waals surface area contributed by atoms with Gasteiger partial charge < -0.3 is 4.57 Å². The Morgan fingerprint density at radius 3 is 2.79 bits per heavy atom. The maximum Gasteiger partial charge on any atom is 0.235 e. The summed E-state index contributed by atoms with van der Waals surface area (Å²) in [6.07, 6.45) is 5.13. The van der Waals surface area contributed by atoms with Gasteiger partial charge in [-0.05, 0) is 48.7 Å². The van der Waals surface area contributed by atoms with E-state index < -0.39 is 10.0 Å². The van der Waals surface area contributed by atoms with Crippen molar-refractivity contribution < 1.29 is 8.42 Å². The number of hydrogen-bond acceptors (Lipinski definition) is 4. The number of nitrogens with zero attached hydrogens (tertiary/aromatic N) is 4. The predicted molar refractivity (Wildman–Crippen MR) is 94.2 cm³/mol. The van der Waals surface area contributed by atoms with Gasteiger partial charge >= 0.3 is 0 Å². The van der Waals surface area contributed by atoms with Crippen LogP contribution < -0.4 is 4.31 Å². The number of anilines is 1. The van der Waals surface area contributed by atoms with Gasteiger partial charge in [0.05, 0.1) is 11.4 Å². The number of aromatic nitrogens is 3. The lowest BCUT2D eigenvalue weighted by molar-refractivity contribution is 0.574. The van der Waals surface area contributed by atoms with Crippen molar-refractivity contribution in [3.63, 3.8) is 0 Å². The minimum Gasteiger partial charge on any atom is -0.301 e. The van der Waals surface area contributed by atoms with E-state index in [-0.39, 0.29) is 11.0 Å². The van der Waals surface area contributed by atoms with Crippen molar-refractivity contribution in [1.82, 2.24) is 14.5 Å². The molecule has 0 spiro atoms. The molecule has 1 saturated heterocycles. The fourth-order valence-electron chi connectivity index (χ4n) is 2.98. The molecule has 0 bridgehead atoms. The Bertz CT molecular complexity index is 1020. The standard InChI is InChI=1S/C16H15ClN4O2S/c17-16-18-11-12-6-8-20(15(12)19-16)13-4-3-5-14(10-13)21-7-1-2-9-24(21,22)23/h3-6,8,10-11H,1-2,7,9H2. The number of fused-ring (bicyclic) bond motifs is 1. The normalized spacial score (nSPS) is 17.3. The van der Waals surface area contributed by atoms with Gasteiger partial charge in [0.15, 0.2) is 0 Å². The highest BCUT2D eigenvalue weighted by molar-refractivity contribution is 7.92. The molecule has 0 atom stereocenters. The second-order valence-corrected chi connectivity index (χ2v) is 8.07. The number of hydrogen-bond donors (Lipinski definition) is 0. The molecule has 0 aliphatic carbocycles. The third kappa shape index (κ3) is 2.63. The lowest BCUT2D eigenvalue weighted by atomic mass is 10.2. The van der Waals surface area contributed by atoms with E-state index in [9.17, 15) is 8.42 Å². The molecule has 6 nitrogen and oxygen atoms in total. The van der Waals surface area contributed by atoms with Crippen LogP contribution in [0.3, 0.4) is 0 Å². The SMILES string of the molecule is O=S1(=O)CCCCN1c1cccc(-n2ccc3cnc(Cl)nc32)c1. The van der Waals surface area contributed by atoms with Crippen LogP contribution >= 0.6 is 11.6 Å². The molecule has 3 heterocycles. The summed E-state index contributed by atoms with van der Waals surface area (Å²) in [4.78, 5) is 8.25. The van der Waals surface area contributed by atoms with Crippen molar-refractivity contribution in [2.24, 2.45) is 0 Å². The zero-order chi connectivity index (χ0) is 16.7. The quantitative estimate of drug-likeness (QED) is 0.657. The Morgan fingerprint density at radius 1 is 1.12 bits per heavy atom. The van der Waals surface area contributed by atoms with Crippen LogP contribution in [0.2, 0.25) is 5.28 Å². The lowest BCUT2D eigenvalue weighted by Crippen LogP contribution is -2.37. The van der Waals surface area contributed by atoms with Crippen LogP contribution in [0.25, 0.3) is 16.7 Å². The summed E-state index contributed by atoms with van der Waals surface area (Å²) in [6.45, 7) is 0.520. The Balaban J connectivity index is 1.81. The number of rotatable bonds is 2. The molecule has 124 valence electrons. The maximum atomic E-state index is 12.3. The van der Waals surface area contributed by atoms with E-state index in [1.807, 2.05) is 41.1 Å². The molecule has 2 aromatic heterocycles. The fourth-order valence-corrected chi connectivity index (χ4v) is 4.74. The minimum atomic E-state index is -3.23. The van der Waals surface area contributed by atoms with Gasteiger partial charge in [-0.25, -0.2) is 13.4 Å². The van der Waals surface area contributed by atoms with Crippen LogP contribution in [-0.2, 0) is 10.0 Å². The molecular formula is C16H15ClN4O2S. The highest BCUT2D eigenvalue weighted by Gasteiger charge is 2.26. The second-order valence-electron chi connectivity index (χ2n) is 5.72. The fraction of sp³-hybridized carbons (Fsp3) is 0.250. The third-order valence-electron chi connectivity index (χ3n) is 4.14. The molecule has 4 rings (SSSR count). The van der Waals surface area contributed by atoms with Gasteiger partial charge in [0.25, 0.3) is 0 Å². The molecule has 1 aliphatic rings. The van der Waals surface area contributed by atoms with E-state index in [0.717, 1.165) is 23.9 Å². The Hall–Kier alpha value is -2.12. The van der Waals surface area contributed by atoms with Crippen molar-refractivity contribution >= 4 is 38.3 Å². The summed E-state index contributed by atoms with van der Waals surface area (Å²) in [5.74, 6) is 0.201. The van der Waals surface area contributed by atoms with E-state index in [4.69, 9.17) is 11.6 Å². The zero-order valence-corrected chi connectivity index (χ0v) is 14.3. The van der Waals surface area contributed by atoms with E-state index in [2.05, 4.69) is 9.97 Å². The van der Waals surface area contributed by atoms with Crippen LogP contribution in [-0.4, -0.2) is 35.3 Å². The summed E-state index contributed by atoms with van der Waals surface area (Å²) in [5, 5.41) is 1.05. The largest absolute Gasteiger partial charge is 0.301 e. The first-order chi connectivity index (χ1) is 11.5. The average molecular weight is 363 g/mol. The van der Waals surface area contributed by atoms with Crippen molar-refractivity contribution in [2.75, 3.05) is 16.6 Å². The highest BCUT2D eigenvalue weighted by atomic mass is 35.5. The number of sulfonamides is 1. The zero-order valence-electron chi connectivity index (χ0n) is 12.8. The summed E-state index contributed by atoms with van der Waals surface area (Å²) < 4.78 is 28.0. The van der Waals surface area contributed by atoms with Crippen LogP contribution in [0.4, 0.5) is 5.69 Å². The highest BCUT2D eigenvalue weighted by Crippen LogP contribution is 2.27. The molecule has 8 heteroatoms. The van der Waals surface area contributed by atoms with Crippen molar-refractivity contribution in [1.29, 1.82) is 0 Å². The first kappa shape index (κ1) is 15.4. The molecule has 0 saturated carbocycles. The van der Waals surface area contributed by atoms with Crippen molar-refractivity contribution in [3.8, 4) is 5.69 Å². The molecule has 1 fully saturated rings. The van der Waals surface area contributed by atoms with Crippen LogP contribution in [0, 0.1) is 0 Å². The van der Waals surface area contributed by atoms with Crippen LogP contribution in [0.1, 0.15) is 12.8 Å². The number of halogens is 1. The maximum absolute atomic E-state index is 12.3. The summed E-state index contributed by atoms with van der Waals surface area (Å²) in [7, 11) is -3.23. The van der Waals surface area contributed by atoms with E-state index >= 15 is 0 Å². The molecule has 0 radical (unpaired) electrons. The van der Waals surface area contributed by atoms with Gasteiger partial charge in [0.1, 0.15) is 5.65 Å². The van der Waals surface area contributed by atoms with Gasteiger partial charge in [-0.1, -0.05) is 6.07 Å². The molecule has 1 aliphatic heterocycles. The van der Waals surface area contributed by atoms with Crippen LogP contribution in [0.5, 0.6) is 0 Å². The van der Waals surface area contributed by atoms with Crippen molar-refractivity contribution in [2.45, 2.75) is 12.8 Å². The van der Waals surface area contributed by atoms with Gasteiger partial charge in [0, 0.05) is 30.0 Å².